The lowest BCUT2D eigenvalue weighted by atomic mass is 10.2. The summed E-state index contributed by atoms with van der Waals surface area (Å²) < 4.78 is 19.9. The van der Waals surface area contributed by atoms with Gasteiger partial charge in [0.05, 0.1) is 31.0 Å². The molecule has 38 heavy (non-hydrogen) atoms. The highest BCUT2D eigenvalue weighted by atomic mass is 16.5. The summed E-state index contributed by atoms with van der Waals surface area (Å²) in [5.74, 6) is 2.59. The Kier molecular flexibility index (Phi) is 6.80. The van der Waals surface area contributed by atoms with Gasteiger partial charge in [-0.15, -0.1) is 5.10 Å². The van der Waals surface area contributed by atoms with Crippen molar-refractivity contribution in [1.29, 1.82) is 0 Å². The molecule has 198 valence electrons. The zero-order chi connectivity index (χ0) is 25.9. The van der Waals surface area contributed by atoms with Crippen LogP contribution in [0.2, 0.25) is 0 Å². The van der Waals surface area contributed by atoms with E-state index in [1.807, 2.05) is 42.2 Å². The Morgan fingerprint density at radius 2 is 1.82 bits per heavy atom. The maximum absolute atomic E-state index is 5.68. The van der Waals surface area contributed by atoms with Crippen LogP contribution in [0.3, 0.4) is 0 Å². The molecular formula is C26H31N9O3. The minimum atomic E-state index is 0.514. The SMILES string of the molecule is CNc1nc2c(cnn2CCN2CCN(c3ccc(OCCOC)cc3)CC2)c2nc(-c3ccco3)nn12. The van der Waals surface area contributed by atoms with Gasteiger partial charge in [0.2, 0.25) is 11.8 Å². The van der Waals surface area contributed by atoms with Crippen molar-refractivity contribution < 1.29 is 13.9 Å². The molecule has 0 spiro atoms. The molecule has 4 aromatic heterocycles. The fraction of sp³-hybridized carbons (Fsp3) is 0.385. The van der Waals surface area contributed by atoms with Crippen molar-refractivity contribution in [1.82, 2.24) is 34.3 Å². The van der Waals surface area contributed by atoms with Crippen LogP contribution < -0.4 is 15.0 Å². The highest BCUT2D eigenvalue weighted by molar-refractivity contribution is 5.90. The molecule has 1 saturated heterocycles. The third kappa shape index (κ3) is 4.75. The molecule has 5 aromatic rings. The van der Waals surface area contributed by atoms with Gasteiger partial charge >= 0.3 is 0 Å². The first-order valence-electron chi connectivity index (χ1n) is 12.8. The fourth-order valence-corrected chi connectivity index (χ4v) is 4.73. The van der Waals surface area contributed by atoms with Crippen LogP contribution in [-0.2, 0) is 11.3 Å². The van der Waals surface area contributed by atoms with Gasteiger partial charge in [-0.2, -0.15) is 14.6 Å². The average Bonchev–Trinajstić information content (AvgIpc) is 3.72. The lowest BCUT2D eigenvalue weighted by Crippen LogP contribution is -2.47. The lowest BCUT2D eigenvalue weighted by molar-refractivity contribution is 0.146. The molecule has 0 amide bonds. The largest absolute Gasteiger partial charge is 0.491 e. The van der Waals surface area contributed by atoms with Crippen molar-refractivity contribution in [2.45, 2.75) is 6.54 Å². The first kappa shape index (κ1) is 24.2. The maximum atomic E-state index is 5.68. The summed E-state index contributed by atoms with van der Waals surface area (Å²) in [5, 5.41) is 13.2. The molecule has 0 radical (unpaired) electrons. The van der Waals surface area contributed by atoms with Crippen LogP contribution in [-0.4, -0.2) is 94.4 Å². The standard InChI is InChI=1S/C26H31N9O3/c1-27-26-30-24-21(25-29-23(31-35(25)26)22-4-3-15-38-22)18-28-34(24)14-11-32-9-12-33(13-10-32)19-5-7-20(8-6-19)37-17-16-36-2/h3-8,15,18H,9-14,16-17H2,1-2H3,(H,27,30). The second kappa shape index (κ2) is 10.7. The molecule has 0 aliphatic carbocycles. The topological polar surface area (TPSA) is 111 Å². The summed E-state index contributed by atoms with van der Waals surface area (Å²) in [6, 6.07) is 12.0. The van der Waals surface area contributed by atoms with Crippen LogP contribution in [0, 0.1) is 0 Å². The first-order valence-corrected chi connectivity index (χ1v) is 12.8. The van der Waals surface area contributed by atoms with Gasteiger partial charge in [0.15, 0.2) is 17.1 Å². The van der Waals surface area contributed by atoms with E-state index in [0.29, 0.717) is 36.4 Å². The van der Waals surface area contributed by atoms with E-state index in [-0.39, 0.29) is 0 Å². The number of aromatic nitrogens is 6. The predicted octanol–water partition coefficient (Wildman–Crippen LogP) is 2.62. The molecule has 5 heterocycles. The Morgan fingerprint density at radius 1 is 0.974 bits per heavy atom. The van der Waals surface area contributed by atoms with Crippen molar-refractivity contribution in [3.8, 4) is 17.3 Å². The third-order valence-corrected chi connectivity index (χ3v) is 6.80. The molecular weight excluding hydrogens is 486 g/mol. The van der Waals surface area contributed by atoms with E-state index in [2.05, 4.69) is 37.4 Å². The molecule has 1 aromatic carbocycles. The summed E-state index contributed by atoms with van der Waals surface area (Å²) >= 11 is 0. The Labute approximate surface area is 219 Å². The van der Waals surface area contributed by atoms with E-state index in [0.717, 1.165) is 56.1 Å². The first-order chi connectivity index (χ1) is 18.7. The number of nitrogens with zero attached hydrogens (tertiary/aromatic N) is 8. The quantitative estimate of drug-likeness (QED) is 0.278. The minimum absolute atomic E-state index is 0.514. The van der Waals surface area contributed by atoms with E-state index in [1.165, 1.54) is 5.69 Å². The van der Waals surface area contributed by atoms with Crippen LogP contribution in [0.15, 0.2) is 53.3 Å². The highest BCUT2D eigenvalue weighted by Crippen LogP contribution is 2.25. The Balaban J connectivity index is 1.10. The van der Waals surface area contributed by atoms with Gasteiger partial charge in [0.1, 0.15) is 12.4 Å². The molecule has 0 saturated carbocycles. The monoisotopic (exact) mass is 517 g/mol. The molecule has 1 aliphatic heterocycles. The van der Waals surface area contributed by atoms with E-state index in [4.69, 9.17) is 23.9 Å². The number of rotatable bonds is 10. The van der Waals surface area contributed by atoms with Crippen molar-refractivity contribution in [2.24, 2.45) is 0 Å². The number of ether oxygens (including phenoxy) is 2. The van der Waals surface area contributed by atoms with E-state index >= 15 is 0 Å². The summed E-state index contributed by atoms with van der Waals surface area (Å²) in [5.41, 5.74) is 2.70. The second-order valence-electron chi connectivity index (χ2n) is 9.10. The van der Waals surface area contributed by atoms with Gasteiger partial charge in [0.25, 0.3) is 0 Å². The number of anilines is 2. The molecule has 6 rings (SSSR count). The predicted molar refractivity (Wildman–Crippen MR) is 144 cm³/mol. The highest BCUT2D eigenvalue weighted by Gasteiger charge is 2.20. The van der Waals surface area contributed by atoms with E-state index < -0.39 is 0 Å². The Hall–Kier alpha value is -4.16. The number of nitrogens with one attached hydrogen (secondary N) is 1. The van der Waals surface area contributed by atoms with E-state index in [9.17, 15) is 0 Å². The number of methoxy groups -OCH3 is 1. The number of furan rings is 1. The molecule has 0 bridgehead atoms. The van der Waals surface area contributed by atoms with Gasteiger partial charge in [-0.3, -0.25) is 4.90 Å². The second-order valence-corrected chi connectivity index (χ2v) is 9.10. The van der Waals surface area contributed by atoms with Gasteiger partial charge in [-0.25, -0.2) is 9.67 Å². The molecule has 1 aliphatic rings. The molecule has 1 N–H and O–H groups in total. The third-order valence-electron chi connectivity index (χ3n) is 6.80. The normalized spacial score (nSPS) is 14.5. The fourth-order valence-electron chi connectivity index (χ4n) is 4.73. The zero-order valence-electron chi connectivity index (χ0n) is 21.6. The summed E-state index contributed by atoms with van der Waals surface area (Å²) in [4.78, 5) is 14.4. The Morgan fingerprint density at radius 3 is 2.55 bits per heavy atom. The van der Waals surface area contributed by atoms with Crippen LogP contribution in [0.1, 0.15) is 0 Å². The van der Waals surface area contributed by atoms with Gasteiger partial charge in [-0.05, 0) is 36.4 Å². The van der Waals surface area contributed by atoms with Gasteiger partial charge < -0.3 is 24.1 Å². The van der Waals surface area contributed by atoms with Crippen LogP contribution in [0.5, 0.6) is 5.75 Å². The van der Waals surface area contributed by atoms with Crippen molar-refractivity contribution in [3.05, 3.63) is 48.9 Å². The molecule has 12 nitrogen and oxygen atoms in total. The maximum Gasteiger partial charge on any atom is 0.227 e. The minimum Gasteiger partial charge on any atom is -0.491 e. The van der Waals surface area contributed by atoms with Gasteiger partial charge in [-0.1, -0.05) is 0 Å². The van der Waals surface area contributed by atoms with Crippen molar-refractivity contribution in [2.75, 3.05) is 70.3 Å². The number of piperazine rings is 1. The van der Waals surface area contributed by atoms with Crippen LogP contribution in [0.25, 0.3) is 28.3 Å². The summed E-state index contributed by atoms with van der Waals surface area (Å²) in [6.07, 6.45) is 3.43. The number of hydrogen-bond acceptors (Lipinski definition) is 10. The van der Waals surface area contributed by atoms with E-state index in [1.54, 1.807) is 17.9 Å². The van der Waals surface area contributed by atoms with Crippen LogP contribution >= 0.6 is 0 Å². The van der Waals surface area contributed by atoms with Crippen molar-refractivity contribution in [3.63, 3.8) is 0 Å². The van der Waals surface area contributed by atoms with Crippen molar-refractivity contribution >= 4 is 28.3 Å². The van der Waals surface area contributed by atoms with Crippen LogP contribution in [0.4, 0.5) is 11.6 Å². The lowest BCUT2D eigenvalue weighted by Gasteiger charge is -2.36. The van der Waals surface area contributed by atoms with Gasteiger partial charge in [0, 0.05) is 52.6 Å². The number of hydrogen-bond donors (Lipinski definition) is 1. The number of fused-ring (bicyclic) bond motifs is 3. The molecule has 0 unspecified atom stereocenters. The molecule has 1 fully saturated rings. The summed E-state index contributed by atoms with van der Waals surface area (Å²) in [6.45, 7) is 6.70. The number of benzene rings is 1. The zero-order valence-corrected chi connectivity index (χ0v) is 21.6. The summed E-state index contributed by atoms with van der Waals surface area (Å²) in [7, 11) is 3.50. The smallest absolute Gasteiger partial charge is 0.227 e. The molecule has 0 atom stereocenters. The average molecular weight is 518 g/mol. The Bertz CT molecular complexity index is 1490. The molecule has 12 heteroatoms.